The average Bonchev–Trinajstić information content (AvgIpc) is 2.65. The lowest BCUT2D eigenvalue weighted by Gasteiger charge is -2.08. The molecule has 0 fully saturated rings. The van der Waals surface area contributed by atoms with Gasteiger partial charge in [-0.3, -0.25) is 14.3 Å². The molecule has 1 aromatic heterocycles. The van der Waals surface area contributed by atoms with Gasteiger partial charge >= 0.3 is 5.69 Å². The highest BCUT2D eigenvalue weighted by atomic mass is 35.5. The number of rotatable bonds is 4. The van der Waals surface area contributed by atoms with Crippen LogP contribution in [-0.2, 0) is 13.0 Å². The van der Waals surface area contributed by atoms with Crippen molar-refractivity contribution in [2.24, 2.45) is 4.99 Å². The van der Waals surface area contributed by atoms with E-state index in [1.54, 1.807) is 0 Å². The lowest BCUT2D eigenvalue weighted by atomic mass is 10.2. The summed E-state index contributed by atoms with van der Waals surface area (Å²) in [6.07, 6.45) is 3.32. The number of nitrogens with one attached hydrogen (secondary N) is 1. The molecule has 0 radical (unpaired) electrons. The highest BCUT2D eigenvalue weighted by molar-refractivity contribution is 6.66. The molecule has 2 heterocycles. The SMILES string of the molecule is CCCCCn1c2c(c(=O)[nH]c1=O)CC(Cl)=N2. The minimum Gasteiger partial charge on any atom is -0.278 e. The van der Waals surface area contributed by atoms with Crippen LogP contribution in [0.3, 0.4) is 0 Å². The molecular weight excluding hydrogens is 242 g/mol. The van der Waals surface area contributed by atoms with Crippen molar-refractivity contribution in [3.63, 3.8) is 0 Å². The van der Waals surface area contributed by atoms with Crippen LogP contribution >= 0.6 is 11.6 Å². The zero-order valence-electron chi connectivity index (χ0n) is 9.62. The summed E-state index contributed by atoms with van der Waals surface area (Å²) < 4.78 is 1.50. The number of aromatic amines is 1. The molecule has 0 amide bonds. The molecule has 5 nitrogen and oxygen atoms in total. The van der Waals surface area contributed by atoms with Gasteiger partial charge in [0.15, 0.2) is 0 Å². The van der Waals surface area contributed by atoms with Gasteiger partial charge < -0.3 is 0 Å². The van der Waals surface area contributed by atoms with E-state index in [2.05, 4.69) is 16.9 Å². The van der Waals surface area contributed by atoms with Gasteiger partial charge in [0.2, 0.25) is 0 Å². The molecule has 0 saturated heterocycles. The average molecular weight is 256 g/mol. The van der Waals surface area contributed by atoms with Gasteiger partial charge in [-0.05, 0) is 6.42 Å². The van der Waals surface area contributed by atoms with Crippen LogP contribution in [0.15, 0.2) is 14.6 Å². The van der Waals surface area contributed by atoms with Gasteiger partial charge in [-0.15, -0.1) is 0 Å². The van der Waals surface area contributed by atoms with Gasteiger partial charge in [0, 0.05) is 13.0 Å². The second kappa shape index (κ2) is 4.87. The number of nitrogens with zero attached hydrogens (tertiary/aromatic N) is 2. The van der Waals surface area contributed by atoms with Crippen LogP contribution < -0.4 is 11.2 Å². The van der Waals surface area contributed by atoms with Crippen molar-refractivity contribution in [3.05, 3.63) is 26.4 Å². The lowest BCUT2D eigenvalue weighted by Crippen LogP contribution is -2.31. The molecule has 1 aliphatic rings. The number of aromatic nitrogens is 2. The predicted molar refractivity (Wildman–Crippen MR) is 67.5 cm³/mol. The summed E-state index contributed by atoms with van der Waals surface area (Å²) in [7, 11) is 0. The van der Waals surface area contributed by atoms with Crippen LogP contribution in [0.5, 0.6) is 0 Å². The highest BCUT2D eigenvalue weighted by Crippen LogP contribution is 2.23. The number of H-pyrrole nitrogens is 1. The Labute approximate surface area is 103 Å². The van der Waals surface area contributed by atoms with E-state index in [0.29, 0.717) is 29.5 Å². The molecule has 2 rings (SSSR count). The first-order chi connectivity index (χ1) is 8.13. The third-order valence-corrected chi connectivity index (χ3v) is 3.02. The lowest BCUT2D eigenvalue weighted by molar-refractivity contribution is 0.577. The third-order valence-electron chi connectivity index (χ3n) is 2.80. The van der Waals surface area contributed by atoms with Crippen LogP contribution in [0.25, 0.3) is 0 Å². The summed E-state index contributed by atoms with van der Waals surface area (Å²) >= 11 is 5.82. The Morgan fingerprint density at radius 2 is 2.18 bits per heavy atom. The molecule has 0 atom stereocenters. The fraction of sp³-hybridized carbons (Fsp3) is 0.545. The summed E-state index contributed by atoms with van der Waals surface area (Å²) in [5.41, 5.74) is -0.290. The normalized spacial score (nSPS) is 13.6. The number of fused-ring (bicyclic) bond motifs is 1. The van der Waals surface area contributed by atoms with Gasteiger partial charge in [-0.2, -0.15) is 0 Å². The molecule has 1 aliphatic heterocycles. The fourth-order valence-electron chi connectivity index (χ4n) is 1.92. The van der Waals surface area contributed by atoms with Crippen molar-refractivity contribution in [2.75, 3.05) is 0 Å². The van der Waals surface area contributed by atoms with Crippen molar-refractivity contribution in [1.82, 2.24) is 9.55 Å². The Bertz CT molecular complexity index is 571. The van der Waals surface area contributed by atoms with E-state index in [1.165, 1.54) is 4.57 Å². The third kappa shape index (κ3) is 2.34. The summed E-state index contributed by atoms with van der Waals surface area (Å²) in [4.78, 5) is 29.6. The van der Waals surface area contributed by atoms with Crippen molar-refractivity contribution >= 4 is 22.6 Å². The minimum atomic E-state index is -0.403. The predicted octanol–water partition coefficient (Wildman–Crippen LogP) is 1.55. The summed E-state index contributed by atoms with van der Waals surface area (Å²) in [6, 6.07) is 0. The second-order valence-corrected chi connectivity index (χ2v) is 4.52. The molecule has 6 heteroatoms. The van der Waals surface area contributed by atoms with Crippen LogP contribution in [0.1, 0.15) is 31.7 Å². The molecule has 0 unspecified atom stereocenters. The standard InChI is InChI=1S/C11H14ClN3O2/c1-2-3-4-5-15-9-7(6-8(12)13-9)10(16)14-11(15)17/h2-6H2,1H3,(H,14,16,17). The Morgan fingerprint density at radius 3 is 2.88 bits per heavy atom. The zero-order valence-corrected chi connectivity index (χ0v) is 10.4. The van der Waals surface area contributed by atoms with Crippen LogP contribution in [0, 0.1) is 0 Å². The Hall–Kier alpha value is -1.36. The number of halogens is 1. The van der Waals surface area contributed by atoms with Crippen molar-refractivity contribution in [2.45, 2.75) is 39.2 Å². The molecule has 1 aromatic rings. The van der Waals surface area contributed by atoms with E-state index >= 15 is 0 Å². The first-order valence-electron chi connectivity index (χ1n) is 5.72. The number of hydrogen-bond donors (Lipinski definition) is 1. The Balaban J connectivity index is 2.42. The summed E-state index contributed by atoms with van der Waals surface area (Å²) in [6.45, 7) is 2.66. The molecular formula is C11H14ClN3O2. The number of aliphatic imine (C=N–C) groups is 1. The first-order valence-corrected chi connectivity index (χ1v) is 6.10. The summed E-state index contributed by atoms with van der Waals surface area (Å²) in [5, 5.41) is 0.361. The minimum absolute atomic E-state index is 0.320. The molecule has 0 aliphatic carbocycles. The smallest absolute Gasteiger partial charge is 0.278 e. The molecule has 17 heavy (non-hydrogen) atoms. The van der Waals surface area contributed by atoms with Gasteiger partial charge in [0.05, 0.1) is 5.56 Å². The van der Waals surface area contributed by atoms with E-state index in [1.807, 2.05) is 0 Å². The number of unbranched alkanes of at least 4 members (excludes halogenated alkanes) is 2. The first kappa shape index (κ1) is 12.1. The van der Waals surface area contributed by atoms with Gasteiger partial charge in [-0.1, -0.05) is 31.4 Å². The van der Waals surface area contributed by atoms with Gasteiger partial charge in [0.1, 0.15) is 11.0 Å². The quantitative estimate of drug-likeness (QED) is 0.830. The molecule has 0 bridgehead atoms. The van der Waals surface area contributed by atoms with Crippen molar-refractivity contribution < 1.29 is 0 Å². The van der Waals surface area contributed by atoms with E-state index in [0.717, 1.165) is 19.3 Å². The zero-order chi connectivity index (χ0) is 12.4. The van der Waals surface area contributed by atoms with Crippen LogP contribution in [0.2, 0.25) is 0 Å². The maximum absolute atomic E-state index is 11.7. The Morgan fingerprint density at radius 1 is 1.41 bits per heavy atom. The molecule has 92 valence electrons. The topological polar surface area (TPSA) is 67.2 Å². The monoisotopic (exact) mass is 255 g/mol. The molecule has 0 aromatic carbocycles. The maximum atomic E-state index is 11.7. The van der Waals surface area contributed by atoms with E-state index in [4.69, 9.17) is 11.6 Å². The summed E-state index contributed by atoms with van der Waals surface area (Å²) in [5.74, 6) is 0.430. The fourth-order valence-corrected chi connectivity index (χ4v) is 2.13. The second-order valence-electron chi connectivity index (χ2n) is 4.09. The van der Waals surface area contributed by atoms with E-state index < -0.39 is 5.69 Å². The van der Waals surface area contributed by atoms with Crippen LogP contribution in [0.4, 0.5) is 5.82 Å². The van der Waals surface area contributed by atoms with Crippen LogP contribution in [-0.4, -0.2) is 14.7 Å². The van der Waals surface area contributed by atoms with Crippen molar-refractivity contribution in [3.8, 4) is 0 Å². The molecule has 0 saturated carbocycles. The van der Waals surface area contributed by atoms with E-state index in [9.17, 15) is 9.59 Å². The largest absolute Gasteiger partial charge is 0.329 e. The van der Waals surface area contributed by atoms with Gasteiger partial charge in [-0.25, -0.2) is 9.79 Å². The van der Waals surface area contributed by atoms with Crippen molar-refractivity contribution in [1.29, 1.82) is 0 Å². The molecule has 1 N–H and O–H groups in total. The Kier molecular flexibility index (Phi) is 3.47. The highest BCUT2D eigenvalue weighted by Gasteiger charge is 2.21. The maximum Gasteiger partial charge on any atom is 0.329 e. The van der Waals surface area contributed by atoms with Gasteiger partial charge in [0.25, 0.3) is 5.56 Å². The number of hydrogen-bond acceptors (Lipinski definition) is 3. The van der Waals surface area contributed by atoms with E-state index in [-0.39, 0.29) is 5.56 Å². The molecule has 0 spiro atoms.